The van der Waals surface area contributed by atoms with Crippen LogP contribution in [0.2, 0.25) is 0 Å². The van der Waals surface area contributed by atoms with E-state index in [1.165, 1.54) is 0 Å². The number of hydrogen-bond acceptors (Lipinski definition) is 7. The number of likely N-dealkylation sites (tertiary alicyclic amines) is 1. The third-order valence-electron chi connectivity index (χ3n) is 7.96. The number of fused-ring (bicyclic) bond motifs is 1. The van der Waals surface area contributed by atoms with Gasteiger partial charge in [-0.2, -0.15) is 0 Å². The Labute approximate surface area is 224 Å². The molecule has 0 spiro atoms. The number of benzene rings is 1. The fourth-order valence-electron chi connectivity index (χ4n) is 5.80. The van der Waals surface area contributed by atoms with Gasteiger partial charge in [0.1, 0.15) is 0 Å². The van der Waals surface area contributed by atoms with Crippen molar-refractivity contribution in [3.05, 3.63) is 23.8 Å². The maximum atomic E-state index is 13.5. The lowest BCUT2D eigenvalue weighted by atomic mass is 9.84. The summed E-state index contributed by atoms with van der Waals surface area (Å²) in [5.74, 6) is -0.717. The highest BCUT2D eigenvalue weighted by molar-refractivity contribution is 5.79. The van der Waals surface area contributed by atoms with Gasteiger partial charge in [-0.3, -0.25) is 14.5 Å². The summed E-state index contributed by atoms with van der Waals surface area (Å²) in [6, 6.07) is 5.13. The summed E-state index contributed by atoms with van der Waals surface area (Å²) in [6.07, 6.45) is 3.08. The van der Waals surface area contributed by atoms with Crippen LogP contribution in [-0.4, -0.2) is 115 Å². The first-order valence-corrected chi connectivity index (χ1v) is 13.7. The molecule has 2 fully saturated rings. The number of urea groups is 1. The average Bonchev–Trinajstić information content (AvgIpc) is 3.60. The van der Waals surface area contributed by atoms with E-state index < -0.39 is 17.9 Å². The smallest absolute Gasteiger partial charge is 0.319 e. The number of nitrogens with zero attached hydrogens (tertiary/aromatic N) is 4. The number of amides is 3. The van der Waals surface area contributed by atoms with Gasteiger partial charge in [-0.1, -0.05) is 19.4 Å². The zero-order valence-corrected chi connectivity index (χ0v) is 22.5. The highest BCUT2D eigenvalue weighted by Gasteiger charge is 2.47. The standard InChI is InChI=1S/C27H41N5O6/c1-3-4-10-30(11-5-9-28)24(33)17-32-16-20(19-6-7-22-23(15-19)38-18-37-22)25(26(34)35)21(32)8-12-31-14-13-29(2)27(31)36/h6-7,15,20-21,25H,3-5,8-14,16-18,28H2,1-2H3,(H,34,35)/t20-,21+,25-/m1/s1. The summed E-state index contributed by atoms with van der Waals surface area (Å²) >= 11 is 0. The van der Waals surface area contributed by atoms with Crippen molar-refractivity contribution in [2.24, 2.45) is 11.7 Å². The summed E-state index contributed by atoms with van der Waals surface area (Å²) in [5.41, 5.74) is 6.57. The number of carboxylic acid groups (broad SMARTS) is 1. The Morgan fingerprint density at radius 3 is 2.61 bits per heavy atom. The molecule has 3 atom stereocenters. The van der Waals surface area contributed by atoms with Gasteiger partial charge in [0, 0.05) is 58.3 Å². The molecule has 0 saturated carbocycles. The van der Waals surface area contributed by atoms with Crippen LogP contribution in [0, 0.1) is 5.92 Å². The van der Waals surface area contributed by atoms with Crippen LogP contribution in [0.4, 0.5) is 4.79 Å². The third-order valence-corrected chi connectivity index (χ3v) is 7.96. The molecule has 3 aliphatic rings. The van der Waals surface area contributed by atoms with Crippen molar-refractivity contribution in [3.63, 3.8) is 0 Å². The van der Waals surface area contributed by atoms with Crippen LogP contribution in [-0.2, 0) is 9.59 Å². The molecule has 3 heterocycles. The maximum Gasteiger partial charge on any atom is 0.319 e. The van der Waals surface area contributed by atoms with Crippen molar-refractivity contribution < 1.29 is 29.0 Å². The van der Waals surface area contributed by atoms with E-state index >= 15 is 0 Å². The molecule has 1 aromatic rings. The minimum Gasteiger partial charge on any atom is -0.481 e. The van der Waals surface area contributed by atoms with Gasteiger partial charge in [0.2, 0.25) is 12.7 Å². The quantitative estimate of drug-likeness (QED) is 0.393. The first-order valence-electron chi connectivity index (χ1n) is 13.7. The van der Waals surface area contributed by atoms with Crippen molar-refractivity contribution in [3.8, 4) is 11.5 Å². The predicted molar refractivity (Wildman–Crippen MR) is 141 cm³/mol. The zero-order chi connectivity index (χ0) is 27.2. The molecule has 3 aliphatic heterocycles. The van der Waals surface area contributed by atoms with Gasteiger partial charge in [-0.15, -0.1) is 0 Å². The molecule has 0 radical (unpaired) electrons. The fourth-order valence-corrected chi connectivity index (χ4v) is 5.80. The lowest BCUT2D eigenvalue weighted by Crippen LogP contribution is -2.46. The summed E-state index contributed by atoms with van der Waals surface area (Å²) in [6.45, 7) is 6.28. The van der Waals surface area contributed by atoms with Crippen LogP contribution >= 0.6 is 0 Å². The largest absolute Gasteiger partial charge is 0.481 e. The van der Waals surface area contributed by atoms with E-state index in [2.05, 4.69) is 6.92 Å². The summed E-state index contributed by atoms with van der Waals surface area (Å²) in [7, 11) is 1.77. The number of carbonyl (C=O) groups is 3. The van der Waals surface area contributed by atoms with Crippen molar-refractivity contribution in [1.82, 2.24) is 19.6 Å². The van der Waals surface area contributed by atoms with Gasteiger partial charge >= 0.3 is 12.0 Å². The van der Waals surface area contributed by atoms with E-state index in [0.717, 1.165) is 24.8 Å². The normalized spacial score (nSPS) is 22.9. The maximum absolute atomic E-state index is 13.5. The topological polar surface area (TPSA) is 129 Å². The Morgan fingerprint density at radius 2 is 1.92 bits per heavy atom. The molecule has 210 valence electrons. The number of likely N-dealkylation sites (N-methyl/N-ethyl adjacent to an activating group) is 1. The first-order chi connectivity index (χ1) is 18.3. The molecule has 3 N–H and O–H groups in total. The van der Waals surface area contributed by atoms with Crippen LogP contribution in [0.5, 0.6) is 11.5 Å². The Hall–Kier alpha value is -3.05. The Bertz CT molecular complexity index is 998. The van der Waals surface area contributed by atoms with E-state index in [1.54, 1.807) is 16.8 Å². The minimum atomic E-state index is -0.900. The lowest BCUT2D eigenvalue weighted by molar-refractivity contribution is -0.144. The molecular weight excluding hydrogens is 490 g/mol. The van der Waals surface area contributed by atoms with E-state index in [1.807, 2.05) is 28.0 Å². The number of carboxylic acids is 1. The monoisotopic (exact) mass is 531 g/mol. The highest BCUT2D eigenvalue weighted by Crippen LogP contribution is 2.42. The number of ether oxygens (including phenoxy) is 2. The third kappa shape index (κ3) is 6.15. The zero-order valence-electron chi connectivity index (χ0n) is 22.5. The van der Waals surface area contributed by atoms with Crippen LogP contribution < -0.4 is 15.2 Å². The van der Waals surface area contributed by atoms with Gasteiger partial charge in [0.15, 0.2) is 11.5 Å². The second kappa shape index (κ2) is 12.7. The van der Waals surface area contributed by atoms with Gasteiger partial charge in [-0.05, 0) is 43.5 Å². The predicted octanol–water partition coefficient (Wildman–Crippen LogP) is 1.62. The summed E-state index contributed by atoms with van der Waals surface area (Å²) in [5, 5.41) is 10.4. The second-order valence-electron chi connectivity index (χ2n) is 10.4. The molecule has 4 rings (SSSR count). The average molecular weight is 532 g/mol. The first kappa shape index (κ1) is 28.0. The molecule has 0 unspecified atom stereocenters. The number of rotatable bonds is 13. The molecule has 2 saturated heterocycles. The molecule has 38 heavy (non-hydrogen) atoms. The number of aliphatic carboxylic acids is 1. The van der Waals surface area contributed by atoms with Crippen molar-refractivity contribution in [2.75, 3.05) is 66.2 Å². The Morgan fingerprint density at radius 1 is 1.16 bits per heavy atom. The molecule has 0 aliphatic carbocycles. The highest BCUT2D eigenvalue weighted by atomic mass is 16.7. The van der Waals surface area contributed by atoms with Crippen LogP contribution in [0.3, 0.4) is 0 Å². The number of carbonyl (C=O) groups excluding carboxylic acids is 2. The number of nitrogens with two attached hydrogens (primary N) is 1. The number of hydrogen-bond donors (Lipinski definition) is 2. The van der Waals surface area contributed by atoms with Crippen LogP contribution in [0.1, 0.15) is 44.1 Å². The Balaban J connectivity index is 1.57. The minimum absolute atomic E-state index is 0.00985. The van der Waals surface area contributed by atoms with Crippen LogP contribution in [0.25, 0.3) is 0 Å². The van der Waals surface area contributed by atoms with Gasteiger partial charge in [0.25, 0.3) is 0 Å². The van der Waals surface area contributed by atoms with Crippen molar-refractivity contribution >= 4 is 17.9 Å². The molecule has 0 bridgehead atoms. The van der Waals surface area contributed by atoms with E-state index in [0.29, 0.717) is 63.7 Å². The Kier molecular flexibility index (Phi) is 9.32. The molecular formula is C27H41N5O6. The number of unbranched alkanes of at least 4 members (excludes halogenated alkanes) is 1. The molecule has 1 aromatic carbocycles. The second-order valence-corrected chi connectivity index (χ2v) is 10.4. The molecule has 3 amide bonds. The van der Waals surface area contributed by atoms with Gasteiger partial charge in [0.05, 0.1) is 12.5 Å². The van der Waals surface area contributed by atoms with Gasteiger partial charge < -0.3 is 35.0 Å². The fraction of sp³-hybridized carbons (Fsp3) is 0.667. The van der Waals surface area contributed by atoms with E-state index in [9.17, 15) is 19.5 Å². The lowest BCUT2D eigenvalue weighted by Gasteiger charge is -2.30. The summed E-state index contributed by atoms with van der Waals surface area (Å²) < 4.78 is 11.0. The van der Waals surface area contributed by atoms with Crippen molar-refractivity contribution in [1.29, 1.82) is 0 Å². The van der Waals surface area contributed by atoms with Crippen LogP contribution in [0.15, 0.2) is 18.2 Å². The van der Waals surface area contributed by atoms with Gasteiger partial charge in [-0.25, -0.2) is 4.79 Å². The van der Waals surface area contributed by atoms with E-state index in [-0.39, 0.29) is 31.2 Å². The summed E-state index contributed by atoms with van der Waals surface area (Å²) in [4.78, 5) is 46.0. The molecule has 11 heteroatoms. The van der Waals surface area contributed by atoms with Crippen molar-refractivity contribution in [2.45, 2.75) is 44.6 Å². The van der Waals surface area contributed by atoms with E-state index in [4.69, 9.17) is 15.2 Å². The SMILES string of the molecule is CCCCN(CCCN)C(=O)CN1C[C@H](c2ccc3c(c2)OCO3)[C@@H](C(=O)O)[C@@H]1CCN1CCN(C)C1=O. The molecule has 0 aromatic heterocycles. The molecule has 11 nitrogen and oxygen atoms in total.